The first-order valence-corrected chi connectivity index (χ1v) is 11.6. The zero-order chi connectivity index (χ0) is 24.4. The summed E-state index contributed by atoms with van der Waals surface area (Å²) in [4.78, 5) is 29.9. The molecule has 7 nitrogen and oxygen atoms in total. The number of anilines is 2. The van der Waals surface area contributed by atoms with Gasteiger partial charge in [0, 0.05) is 27.1 Å². The molecular weight excluding hydrogens is 452 g/mol. The molecule has 0 saturated heterocycles. The minimum Gasteiger partial charge on any atom is -0.493 e. The van der Waals surface area contributed by atoms with Gasteiger partial charge in [-0.15, -0.1) is 0 Å². The normalized spacial score (nSPS) is 12.5. The zero-order valence-electron chi connectivity index (χ0n) is 19.7. The summed E-state index contributed by atoms with van der Waals surface area (Å²) >= 11 is 1.51. The van der Waals surface area contributed by atoms with Crippen molar-refractivity contribution in [2.24, 2.45) is 0 Å². The minimum absolute atomic E-state index is 0.0299. The van der Waals surface area contributed by atoms with Crippen LogP contribution >= 0.6 is 11.8 Å². The highest BCUT2D eigenvalue weighted by Gasteiger charge is 2.29. The maximum atomic E-state index is 13.3. The van der Waals surface area contributed by atoms with Crippen LogP contribution in [0, 0.1) is 0 Å². The van der Waals surface area contributed by atoms with Crippen molar-refractivity contribution in [1.29, 1.82) is 0 Å². The van der Waals surface area contributed by atoms with E-state index in [1.807, 2.05) is 50.2 Å². The number of amides is 2. The average molecular weight is 479 g/mol. The molecule has 1 heterocycles. The molecule has 0 saturated carbocycles. The van der Waals surface area contributed by atoms with E-state index in [1.54, 1.807) is 23.1 Å². The quantitative estimate of drug-likeness (QED) is 0.505. The lowest BCUT2D eigenvalue weighted by Gasteiger charge is -2.27. The first kappa shape index (κ1) is 23.5. The van der Waals surface area contributed by atoms with Crippen molar-refractivity contribution in [2.75, 3.05) is 31.5 Å². The van der Waals surface area contributed by atoms with Crippen LogP contribution in [0.3, 0.4) is 0 Å². The number of rotatable bonds is 6. The largest absolute Gasteiger partial charge is 0.493 e. The molecular formula is C26H26N2O5S. The molecule has 0 bridgehead atoms. The summed E-state index contributed by atoms with van der Waals surface area (Å²) in [5.41, 5.74) is 2.45. The first-order chi connectivity index (χ1) is 16.4. The molecule has 176 valence electrons. The van der Waals surface area contributed by atoms with Crippen LogP contribution in [0.25, 0.3) is 0 Å². The summed E-state index contributed by atoms with van der Waals surface area (Å²) in [5.74, 6) is 0.848. The van der Waals surface area contributed by atoms with Gasteiger partial charge in [0.15, 0.2) is 11.5 Å². The minimum atomic E-state index is -0.324. The SMILES string of the molecule is COc1cc(C(=O)Nc2ccc3c(c2)Sc2ccccc2C(=O)N3C(C)C)cc(OC)c1OC. The lowest BCUT2D eigenvalue weighted by atomic mass is 10.1. The number of nitrogens with one attached hydrogen (secondary N) is 1. The molecule has 3 aromatic rings. The lowest BCUT2D eigenvalue weighted by Crippen LogP contribution is -2.36. The summed E-state index contributed by atoms with van der Waals surface area (Å²) in [5, 5.41) is 2.94. The van der Waals surface area contributed by atoms with Gasteiger partial charge in [-0.25, -0.2) is 0 Å². The third-order valence-corrected chi connectivity index (χ3v) is 6.60. The monoisotopic (exact) mass is 478 g/mol. The van der Waals surface area contributed by atoms with Gasteiger partial charge in [0.1, 0.15) is 0 Å². The van der Waals surface area contributed by atoms with Crippen LogP contribution < -0.4 is 24.4 Å². The van der Waals surface area contributed by atoms with E-state index in [-0.39, 0.29) is 17.9 Å². The highest BCUT2D eigenvalue weighted by molar-refractivity contribution is 7.99. The number of hydrogen-bond donors (Lipinski definition) is 1. The number of hydrogen-bond acceptors (Lipinski definition) is 6. The van der Waals surface area contributed by atoms with Crippen molar-refractivity contribution in [3.63, 3.8) is 0 Å². The van der Waals surface area contributed by atoms with Crippen molar-refractivity contribution in [1.82, 2.24) is 0 Å². The third-order valence-electron chi connectivity index (χ3n) is 5.48. The third kappa shape index (κ3) is 4.28. The second-order valence-electron chi connectivity index (χ2n) is 7.92. The van der Waals surface area contributed by atoms with E-state index in [1.165, 1.54) is 33.1 Å². The van der Waals surface area contributed by atoms with Crippen molar-refractivity contribution in [3.8, 4) is 17.2 Å². The Bertz CT molecular complexity index is 1230. The van der Waals surface area contributed by atoms with Crippen LogP contribution in [-0.4, -0.2) is 39.2 Å². The van der Waals surface area contributed by atoms with Crippen LogP contribution in [0.15, 0.2) is 64.4 Å². The molecule has 34 heavy (non-hydrogen) atoms. The van der Waals surface area contributed by atoms with Crippen molar-refractivity contribution in [2.45, 2.75) is 29.7 Å². The van der Waals surface area contributed by atoms with Crippen molar-refractivity contribution >= 4 is 35.0 Å². The molecule has 4 rings (SSSR count). The van der Waals surface area contributed by atoms with Crippen LogP contribution in [-0.2, 0) is 0 Å². The van der Waals surface area contributed by atoms with E-state index in [2.05, 4.69) is 5.32 Å². The fourth-order valence-electron chi connectivity index (χ4n) is 3.89. The molecule has 0 aliphatic carbocycles. The summed E-state index contributed by atoms with van der Waals surface area (Å²) in [6.45, 7) is 3.97. The predicted octanol–water partition coefficient (Wildman–Crippen LogP) is 5.48. The fraction of sp³-hybridized carbons (Fsp3) is 0.231. The molecule has 1 aliphatic rings. The van der Waals surface area contributed by atoms with E-state index in [4.69, 9.17) is 14.2 Å². The van der Waals surface area contributed by atoms with Gasteiger partial charge in [0.05, 0.1) is 32.6 Å². The van der Waals surface area contributed by atoms with Gasteiger partial charge in [-0.3, -0.25) is 9.59 Å². The Hall–Kier alpha value is -3.65. The molecule has 8 heteroatoms. The Morgan fingerprint density at radius 2 is 1.59 bits per heavy atom. The first-order valence-electron chi connectivity index (χ1n) is 10.7. The van der Waals surface area contributed by atoms with Crippen molar-refractivity contribution in [3.05, 3.63) is 65.7 Å². The second kappa shape index (κ2) is 9.69. The van der Waals surface area contributed by atoms with Gasteiger partial charge in [0.25, 0.3) is 11.8 Å². The topological polar surface area (TPSA) is 77.1 Å². The smallest absolute Gasteiger partial charge is 0.259 e. The molecule has 0 unspecified atom stereocenters. The number of carbonyl (C=O) groups excluding carboxylic acids is 2. The van der Waals surface area contributed by atoms with E-state index in [0.717, 1.165) is 15.5 Å². The van der Waals surface area contributed by atoms with Crippen LogP contribution in [0.1, 0.15) is 34.6 Å². The number of fused-ring (bicyclic) bond motifs is 2. The number of carbonyl (C=O) groups is 2. The highest BCUT2D eigenvalue weighted by atomic mass is 32.2. The summed E-state index contributed by atoms with van der Waals surface area (Å²) < 4.78 is 16.1. The van der Waals surface area contributed by atoms with Crippen LogP contribution in [0.5, 0.6) is 17.2 Å². The summed E-state index contributed by atoms with van der Waals surface area (Å²) in [6.07, 6.45) is 0. The Kier molecular flexibility index (Phi) is 6.70. The van der Waals surface area contributed by atoms with Gasteiger partial charge in [0.2, 0.25) is 5.75 Å². The number of methoxy groups -OCH3 is 3. The lowest BCUT2D eigenvalue weighted by molar-refractivity contribution is 0.0976. The molecule has 0 aromatic heterocycles. The molecule has 0 spiro atoms. The standard InChI is InChI=1S/C26H26N2O5S/c1-15(2)28-19-11-10-17(14-23(19)34-22-9-7-6-8-18(22)26(28)30)27-25(29)16-12-20(31-3)24(33-5)21(13-16)32-4/h6-15H,1-5H3,(H,27,29). The van der Waals surface area contributed by atoms with Gasteiger partial charge in [-0.2, -0.15) is 0 Å². The van der Waals surface area contributed by atoms with E-state index < -0.39 is 0 Å². The Morgan fingerprint density at radius 3 is 2.21 bits per heavy atom. The van der Waals surface area contributed by atoms with E-state index >= 15 is 0 Å². The molecule has 0 radical (unpaired) electrons. The van der Waals surface area contributed by atoms with Crippen LogP contribution in [0.2, 0.25) is 0 Å². The average Bonchev–Trinajstić information content (AvgIpc) is 2.96. The molecule has 1 aliphatic heterocycles. The zero-order valence-corrected chi connectivity index (χ0v) is 20.5. The summed E-state index contributed by atoms with van der Waals surface area (Å²) in [6, 6.07) is 16.3. The van der Waals surface area contributed by atoms with Gasteiger partial charge in [-0.1, -0.05) is 23.9 Å². The van der Waals surface area contributed by atoms with Crippen molar-refractivity contribution < 1.29 is 23.8 Å². The predicted molar refractivity (Wildman–Crippen MR) is 133 cm³/mol. The second-order valence-corrected chi connectivity index (χ2v) is 9.00. The van der Waals surface area contributed by atoms with Gasteiger partial charge >= 0.3 is 0 Å². The molecule has 0 atom stereocenters. The van der Waals surface area contributed by atoms with Gasteiger partial charge < -0.3 is 24.4 Å². The number of nitrogens with zero attached hydrogens (tertiary/aromatic N) is 1. The maximum absolute atomic E-state index is 13.3. The number of benzene rings is 3. The van der Waals surface area contributed by atoms with Crippen LogP contribution in [0.4, 0.5) is 11.4 Å². The van der Waals surface area contributed by atoms with E-state index in [9.17, 15) is 9.59 Å². The maximum Gasteiger partial charge on any atom is 0.259 e. The molecule has 0 fully saturated rings. The Morgan fingerprint density at radius 1 is 0.912 bits per heavy atom. The molecule has 1 N–H and O–H groups in total. The Balaban J connectivity index is 1.70. The number of ether oxygens (including phenoxy) is 3. The van der Waals surface area contributed by atoms with Gasteiger partial charge in [-0.05, 0) is 56.3 Å². The van der Waals surface area contributed by atoms with E-state index in [0.29, 0.717) is 34.1 Å². The summed E-state index contributed by atoms with van der Waals surface area (Å²) in [7, 11) is 4.52. The molecule has 2 amide bonds. The fourth-order valence-corrected chi connectivity index (χ4v) is 5.00. The Labute approximate surface area is 203 Å². The molecule has 3 aromatic carbocycles. The highest BCUT2D eigenvalue weighted by Crippen LogP contribution is 2.43.